The van der Waals surface area contributed by atoms with Crippen molar-refractivity contribution in [3.8, 4) is 0 Å². The van der Waals surface area contributed by atoms with E-state index < -0.39 is 12.2 Å². The normalized spacial score (nSPS) is 8.00. The van der Waals surface area contributed by atoms with Crippen LogP contribution in [-0.2, 0) is 21.7 Å². The van der Waals surface area contributed by atoms with Gasteiger partial charge in [0.25, 0.3) is 0 Å². The molecule has 3 heteroatoms. The van der Waals surface area contributed by atoms with Crippen molar-refractivity contribution < 1.29 is 31.9 Å². The first kappa shape index (κ1) is 25.1. The Morgan fingerprint density at radius 2 is 0.762 bits per heavy atom. The molecule has 0 fully saturated rings. The first-order valence-corrected chi connectivity index (χ1v) is 6.60. The minimum atomic E-state index is -0.417. The van der Waals surface area contributed by atoms with Gasteiger partial charge in [-0.3, -0.25) is 0 Å². The molecule has 0 spiro atoms. The van der Waals surface area contributed by atoms with E-state index in [2.05, 4.69) is 12.1 Å². The van der Waals surface area contributed by atoms with Crippen LogP contribution in [0.15, 0.2) is 60.7 Å². The van der Waals surface area contributed by atoms with E-state index >= 15 is 0 Å². The second-order valence-electron chi connectivity index (χ2n) is 4.25. The van der Waals surface area contributed by atoms with Gasteiger partial charge in [-0.25, -0.2) is 0 Å². The SMILES string of the molecule is CC(C)[O-].CC(C)[O-].[Ti+4].[c-]1ccccc1.[c-]1ccccc1. The molecular formula is C18H24O2Ti. The standard InChI is InChI=1S/2C6H5.2C3H7O.Ti/c2*1-2-4-6-5-3-1;2*1-3(2)4;/h2*1-5H;2*3H,1-2H3;/q4*-1;+4. The minimum Gasteiger partial charge on any atom is -0.852 e. The molecule has 2 aromatic carbocycles. The maximum Gasteiger partial charge on any atom is 4.00 e. The van der Waals surface area contributed by atoms with Crippen LogP contribution in [0, 0.1) is 12.1 Å². The average Bonchev–Trinajstić information content (AvgIpc) is 2.42. The van der Waals surface area contributed by atoms with E-state index in [-0.39, 0.29) is 21.7 Å². The fraction of sp³-hybridized carbons (Fsp3) is 0.333. The van der Waals surface area contributed by atoms with Crippen LogP contribution in [0.25, 0.3) is 0 Å². The third-order valence-corrected chi connectivity index (χ3v) is 1.21. The zero-order chi connectivity index (χ0) is 15.6. The molecule has 0 aliphatic heterocycles. The summed E-state index contributed by atoms with van der Waals surface area (Å²) in [5.41, 5.74) is 0. The third-order valence-electron chi connectivity index (χ3n) is 1.21. The predicted molar refractivity (Wildman–Crippen MR) is 80.8 cm³/mol. The van der Waals surface area contributed by atoms with Crippen LogP contribution >= 0.6 is 0 Å². The Morgan fingerprint density at radius 3 is 0.810 bits per heavy atom. The van der Waals surface area contributed by atoms with Crippen molar-refractivity contribution in [3.05, 3.63) is 72.8 Å². The molecule has 0 atom stereocenters. The summed E-state index contributed by atoms with van der Waals surface area (Å²) in [6.45, 7) is 6.44. The molecule has 0 aromatic heterocycles. The monoisotopic (exact) mass is 320 g/mol. The summed E-state index contributed by atoms with van der Waals surface area (Å²) >= 11 is 0. The average molecular weight is 320 g/mol. The van der Waals surface area contributed by atoms with Gasteiger partial charge in [0.15, 0.2) is 0 Å². The van der Waals surface area contributed by atoms with Gasteiger partial charge in [-0.05, 0) is 0 Å². The Labute approximate surface area is 144 Å². The molecule has 0 radical (unpaired) electrons. The van der Waals surface area contributed by atoms with Crippen LogP contribution < -0.4 is 10.2 Å². The van der Waals surface area contributed by atoms with Crippen LogP contribution in [0.4, 0.5) is 0 Å². The molecule has 0 N–H and O–H groups in total. The number of hydrogen-bond donors (Lipinski definition) is 0. The van der Waals surface area contributed by atoms with Gasteiger partial charge >= 0.3 is 21.7 Å². The van der Waals surface area contributed by atoms with Gasteiger partial charge in [0.2, 0.25) is 0 Å². The summed E-state index contributed by atoms with van der Waals surface area (Å²) in [5.74, 6) is 0. The molecular weight excluding hydrogens is 296 g/mol. The number of rotatable bonds is 0. The van der Waals surface area contributed by atoms with Crippen LogP contribution in [0.1, 0.15) is 27.7 Å². The van der Waals surface area contributed by atoms with Gasteiger partial charge < -0.3 is 10.2 Å². The molecule has 0 aliphatic rings. The number of benzene rings is 2. The molecule has 112 valence electrons. The van der Waals surface area contributed by atoms with Crippen LogP contribution in [0.5, 0.6) is 0 Å². The van der Waals surface area contributed by atoms with Gasteiger partial charge in [0.1, 0.15) is 0 Å². The van der Waals surface area contributed by atoms with Crippen molar-refractivity contribution in [2.24, 2.45) is 0 Å². The molecule has 0 unspecified atom stereocenters. The topological polar surface area (TPSA) is 46.1 Å². The molecule has 0 saturated carbocycles. The van der Waals surface area contributed by atoms with E-state index in [1.54, 1.807) is 27.7 Å². The van der Waals surface area contributed by atoms with Crippen molar-refractivity contribution in [2.45, 2.75) is 39.9 Å². The quantitative estimate of drug-likeness (QED) is 0.553. The van der Waals surface area contributed by atoms with Crippen LogP contribution in [0.2, 0.25) is 0 Å². The summed E-state index contributed by atoms with van der Waals surface area (Å²) in [6, 6.07) is 25.0. The number of hydrogen-bond acceptors (Lipinski definition) is 2. The zero-order valence-electron chi connectivity index (χ0n) is 13.2. The van der Waals surface area contributed by atoms with E-state index in [1.807, 2.05) is 60.7 Å². The van der Waals surface area contributed by atoms with E-state index in [1.165, 1.54) is 0 Å². The maximum absolute atomic E-state index is 9.53. The Morgan fingerprint density at radius 1 is 0.571 bits per heavy atom. The molecule has 0 bridgehead atoms. The van der Waals surface area contributed by atoms with Gasteiger partial charge in [0.05, 0.1) is 0 Å². The van der Waals surface area contributed by atoms with Crippen molar-refractivity contribution in [1.82, 2.24) is 0 Å². The largest absolute Gasteiger partial charge is 4.00 e. The molecule has 0 heterocycles. The smallest absolute Gasteiger partial charge is 0.852 e. The second kappa shape index (κ2) is 21.4. The van der Waals surface area contributed by atoms with E-state index in [0.717, 1.165) is 0 Å². The molecule has 0 saturated heterocycles. The van der Waals surface area contributed by atoms with E-state index in [4.69, 9.17) is 0 Å². The Hall–Kier alpha value is -0.926. The van der Waals surface area contributed by atoms with Crippen molar-refractivity contribution in [3.63, 3.8) is 0 Å². The first-order valence-electron chi connectivity index (χ1n) is 6.60. The Balaban J connectivity index is -0.000000208. The van der Waals surface area contributed by atoms with Crippen molar-refractivity contribution in [1.29, 1.82) is 0 Å². The van der Waals surface area contributed by atoms with Gasteiger partial charge in [-0.15, -0.1) is 12.2 Å². The van der Waals surface area contributed by atoms with Gasteiger partial charge in [0, 0.05) is 0 Å². The molecule has 2 nitrogen and oxygen atoms in total. The van der Waals surface area contributed by atoms with E-state index in [9.17, 15) is 10.2 Å². The van der Waals surface area contributed by atoms with Crippen LogP contribution in [-0.4, -0.2) is 12.2 Å². The maximum atomic E-state index is 9.53. The summed E-state index contributed by atoms with van der Waals surface area (Å²) in [5, 5.41) is 19.1. The summed E-state index contributed by atoms with van der Waals surface area (Å²) < 4.78 is 0. The zero-order valence-corrected chi connectivity index (χ0v) is 14.8. The van der Waals surface area contributed by atoms with Gasteiger partial charge in [-0.1, -0.05) is 27.7 Å². The van der Waals surface area contributed by atoms with Crippen molar-refractivity contribution in [2.75, 3.05) is 0 Å². The molecule has 0 amide bonds. The molecule has 0 aliphatic carbocycles. The molecule has 2 rings (SSSR count). The fourth-order valence-corrected chi connectivity index (χ4v) is 0.684. The van der Waals surface area contributed by atoms with Gasteiger partial charge in [-0.2, -0.15) is 72.8 Å². The summed E-state index contributed by atoms with van der Waals surface area (Å²) in [6.07, 6.45) is -0.833. The fourth-order valence-electron chi connectivity index (χ4n) is 0.684. The van der Waals surface area contributed by atoms with Crippen LogP contribution in [0.3, 0.4) is 0 Å². The predicted octanol–water partition coefficient (Wildman–Crippen LogP) is 2.48. The van der Waals surface area contributed by atoms with Crippen molar-refractivity contribution >= 4 is 0 Å². The first-order chi connectivity index (χ1) is 9.46. The minimum absolute atomic E-state index is 0. The summed E-state index contributed by atoms with van der Waals surface area (Å²) in [7, 11) is 0. The summed E-state index contributed by atoms with van der Waals surface area (Å²) in [4.78, 5) is 0. The Kier molecular flexibility index (Phi) is 25.5. The third kappa shape index (κ3) is 45.3. The molecule has 21 heavy (non-hydrogen) atoms. The second-order valence-corrected chi connectivity index (χ2v) is 4.25. The molecule has 2 aromatic rings. The van der Waals surface area contributed by atoms with E-state index in [0.29, 0.717) is 0 Å². The Bertz CT molecular complexity index is 254.